The predicted octanol–water partition coefficient (Wildman–Crippen LogP) is 2.86. The highest BCUT2D eigenvalue weighted by atomic mass is 127. The van der Waals surface area contributed by atoms with Crippen molar-refractivity contribution in [1.82, 2.24) is 30.1 Å². The van der Waals surface area contributed by atoms with Crippen LogP contribution in [0.15, 0.2) is 47.6 Å². The summed E-state index contributed by atoms with van der Waals surface area (Å²) in [6.07, 6.45) is 2.95. The van der Waals surface area contributed by atoms with E-state index in [-0.39, 0.29) is 24.0 Å². The lowest BCUT2D eigenvalue weighted by Gasteiger charge is -2.33. The molecule has 1 fully saturated rings. The Bertz CT molecular complexity index is 1040. The van der Waals surface area contributed by atoms with Crippen molar-refractivity contribution in [3.8, 4) is 0 Å². The molecule has 0 amide bonds. The molecule has 3 aromatic rings. The number of halogens is 1. The van der Waals surface area contributed by atoms with Crippen molar-refractivity contribution >= 4 is 46.8 Å². The first-order valence-electron chi connectivity index (χ1n) is 11.4. The standard InChI is InChI=1S/C24H34N8.HI/c1-19-29-21-7-4-5-8-22(21)32(19)12-6-11-26-24(25-2)28-18-20-9-10-23(27-17-20)31-15-13-30(3)14-16-31;/h4-5,7-10,17H,6,11-16,18H2,1-3H3,(H2,25,26,28);1H. The zero-order valence-corrected chi connectivity index (χ0v) is 22.1. The fourth-order valence-corrected chi connectivity index (χ4v) is 4.07. The predicted molar refractivity (Wildman–Crippen MR) is 147 cm³/mol. The van der Waals surface area contributed by atoms with Crippen LogP contribution < -0.4 is 15.5 Å². The average molecular weight is 563 g/mol. The maximum atomic E-state index is 4.67. The summed E-state index contributed by atoms with van der Waals surface area (Å²) in [6.45, 7) is 8.77. The van der Waals surface area contributed by atoms with Crippen LogP contribution in [-0.2, 0) is 13.1 Å². The molecule has 8 nitrogen and oxygen atoms in total. The summed E-state index contributed by atoms with van der Waals surface area (Å²) in [4.78, 5) is 18.4. The minimum absolute atomic E-state index is 0. The lowest BCUT2D eigenvalue weighted by atomic mass is 10.2. The first-order valence-corrected chi connectivity index (χ1v) is 11.4. The molecule has 0 aliphatic carbocycles. The quantitative estimate of drug-likeness (QED) is 0.200. The number of aryl methyl sites for hydroxylation is 2. The van der Waals surface area contributed by atoms with Crippen molar-refractivity contribution in [3.63, 3.8) is 0 Å². The number of para-hydroxylation sites is 2. The highest BCUT2D eigenvalue weighted by molar-refractivity contribution is 14.0. The van der Waals surface area contributed by atoms with Gasteiger partial charge in [-0.05, 0) is 44.2 Å². The van der Waals surface area contributed by atoms with Crippen molar-refractivity contribution in [2.24, 2.45) is 4.99 Å². The summed E-state index contributed by atoms with van der Waals surface area (Å²) in [5.41, 5.74) is 3.40. The van der Waals surface area contributed by atoms with Crippen LogP contribution in [0.2, 0.25) is 0 Å². The molecule has 9 heteroatoms. The number of piperazine rings is 1. The summed E-state index contributed by atoms with van der Waals surface area (Å²) >= 11 is 0. The number of aliphatic imine (C=N–C) groups is 1. The second-order valence-corrected chi connectivity index (χ2v) is 8.32. The first kappa shape index (κ1) is 25.2. The van der Waals surface area contributed by atoms with Crippen molar-refractivity contribution in [1.29, 1.82) is 0 Å². The zero-order chi connectivity index (χ0) is 22.3. The Balaban J connectivity index is 0.00000306. The SMILES string of the molecule is CN=C(NCCCn1c(C)nc2ccccc21)NCc1ccc(N2CCN(C)CC2)nc1.I. The van der Waals surface area contributed by atoms with E-state index in [1.54, 1.807) is 7.05 Å². The molecule has 1 aliphatic rings. The van der Waals surface area contributed by atoms with Crippen molar-refractivity contribution in [2.45, 2.75) is 26.4 Å². The molecular weight excluding hydrogens is 527 g/mol. The molecule has 2 aromatic heterocycles. The minimum Gasteiger partial charge on any atom is -0.356 e. The molecule has 0 saturated carbocycles. The summed E-state index contributed by atoms with van der Waals surface area (Å²) in [6, 6.07) is 12.6. The number of rotatable bonds is 7. The maximum Gasteiger partial charge on any atom is 0.191 e. The number of fused-ring (bicyclic) bond motifs is 1. The number of imidazole rings is 1. The van der Waals surface area contributed by atoms with Gasteiger partial charge in [0, 0.05) is 59.1 Å². The number of nitrogens with one attached hydrogen (secondary N) is 2. The Labute approximate surface area is 213 Å². The number of guanidine groups is 1. The number of aromatic nitrogens is 3. The zero-order valence-electron chi connectivity index (χ0n) is 19.8. The minimum atomic E-state index is 0. The van der Waals surface area contributed by atoms with Crippen LogP contribution in [-0.4, -0.2) is 72.2 Å². The van der Waals surface area contributed by atoms with Gasteiger partial charge in [0.05, 0.1) is 11.0 Å². The van der Waals surface area contributed by atoms with E-state index in [1.807, 2.05) is 12.3 Å². The molecule has 1 aliphatic heterocycles. The van der Waals surface area contributed by atoms with Crippen molar-refractivity contribution in [3.05, 3.63) is 54.0 Å². The molecule has 33 heavy (non-hydrogen) atoms. The Kier molecular flexibility index (Phi) is 9.30. The number of nitrogens with zero attached hydrogens (tertiary/aromatic N) is 6. The van der Waals surface area contributed by atoms with Gasteiger partial charge >= 0.3 is 0 Å². The maximum absolute atomic E-state index is 4.67. The third-order valence-electron chi connectivity index (χ3n) is 6.02. The van der Waals surface area contributed by atoms with Gasteiger partial charge in [-0.25, -0.2) is 9.97 Å². The summed E-state index contributed by atoms with van der Waals surface area (Å²) in [5, 5.41) is 6.79. The summed E-state index contributed by atoms with van der Waals surface area (Å²) < 4.78 is 2.28. The molecule has 0 bridgehead atoms. The lowest BCUT2D eigenvalue weighted by molar-refractivity contribution is 0.312. The Morgan fingerprint density at radius 3 is 2.58 bits per heavy atom. The first-order chi connectivity index (χ1) is 15.6. The van der Waals surface area contributed by atoms with Gasteiger partial charge in [-0.2, -0.15) is 0 Å². The molecule has 2 N–H and O–H groups in total. The van der Waals surface area contributed by atoms with Gasteiger partial charge in [0.15, 0.2) is 5.96 Å². The second-order valence-electron chi connectivity index (χ2n) is 8.32. The topological polar surface area (TPSA) is 73.6 Å². The van der Waals surface area contributed by atoms with Crippen molar-refractivity contribution in [2.75, 3.05) is 51.7 Å². The number of anilines is 1. The van der Waals surface area contributed by atoms with Gasteiger partial charge in [0.2, 0.25) is 0 Å². The van der Waals surface area contributed by atoms with Gasteiger partial charge in [0.1, 0.15) is 11.6 Å². The Morgan fingerprint density at radius 2 is 1.85 bits per heavy atom. The van der Waals surface area contributed by atoms with Gasteiger partial charge in [-0.1, -0.05) is 18.2 Å². The van der Waals surface area contributed by atoms with E-state index in [4.69, 9.17) is 0 Å². The van der Waals surface area contributed by atoms with Gasteiger partial charge in [-0.15, -0.1) is 24.0 Å². The molecular formula is C24H35IN8. The number of hydrogen-bond acceptors (Lipinski definition) is 5. The smallest absolute Gasteiger partial charge is 0.191 e. The van der Waals surface area contributed by atoms with E-state index < -0.39 is 0 Å². The van der Waals surface area contributed by atoms with Crippen LogP contribution in [0.1, 0.15) is 17.8 Å². The van der Waals surface area contributed by atoms with E-state index in [2.05, 4.69) is 84.3 Å². The van der Waals surface area contributed by atoms with E-state index >= 15 is 0 Å². The van der Waals surface area contributed by atoms with E-state index in [9.17, 15) is 0 Å². The third-order valence-corrected chi connectivity index (χ3v) is 6.02. The van der Waals surface area contributed by atoms with Crippen LogP contribution in [0.5, 0.6) is 0 Å². The second kappa shape index (κ2) is 12.2. The Hall–Kier alpha value is -2.40. The number of hydrogen-bond donors (Lipinski definition) is 2. The summed E-state index contributed by atoms with van der Waals surface area (Å²) in [5.74, 6) is 2.92. The highest BCUT2D eigenvalue weighted by Crippen LogP contribution is 2.16. The normalized spacial score (nSPS) is 14.9. The molecule has 178 valence electrons. The fourth-order valence-electron chi connectivity index (χ4n) is 4.07. The molecule has 4 rings (SSSR count). The van der Waals surface area contributed by atoms with E-state index in [0.29, 0.717) is 6.54 Å². The van der Waals surface area contributed by atoms with E-state index in [1.165, 1.54) is 5.52 Å². The molecule has 3 heterocycles. The fraction of sp³-hybridized carbons (Fsp3) is 0.458. The molecule has 1 saturated heterocycles. The van der Waals surface area contributed by atoms with Crippen LogP contribution >= 0.6 is 24.0 Å². The molecule has 1 aromatic carbocycles. The third kappa shape index (κ3) is 6.57. The van der Waals surface area contributed by atoms with Crippen LogP contribution in [0.3, 0.4) is 0 Å². The number of pyridine rings is 1. The highest BCUT2D eigenvalue weighted by Gasteiger charge is 2.15. The summed E-state index contributed by atoms with van der Waals surface area (Å²) in [7, 11) is 3.97. The Morgan fingerprint density at radius 1 is 1.06 bits per heavy atom. The molecule has 0 spiro atoms. The lowest BCUT2D eigenvalue weighted by Crippen LogP contribution is -2.44. The van der Waals surface area contributed by atoms with Crippen LogP contribution in [0, 0.1) is 6.92 Å². The van der Waals surface area contributed by atoms with Gasteiger partial charge < -0.3 is 25.0 Å². The molecule has 0 unspecified atom stereocenters. The average Bonchev–Trinajstić information content (AvgIpc) is 3.14. The van der Waals surface area contributed by atoms with E-state index in [0.717, 1.165) is 74.4 Å². The van der Waals surface area contributed by atoms with Crippen molar-refractivity contribution < 1.29 is 0 Å². The molecule has 0 radical (unpaired) electrons. The van der Waals surface area contributed by atoms with Gasteiger partial charge in [0.25, 0.3) is 0 Å². The van der Waals surface area contributed by atoms with Crippen LogP contribution in [0.25, 0.3) is 11.0 Å². The number of benzene rings is 1. The number of likely N-dealkylation sites (N-methyl/N-ethyl adjacent to an activating group) is 1. The molecule has 0 atom stereocenters. The van der Waals surface area contributed by atoms with Crippen LogP contribution in [0.4, 0.5) is 5.82 Å². The largest absolute Gasteiger partial charge is 0.356 e. The van der Waals surface area contributed by atoms with Gasteiger partial charge in [-0.3, -0.25) is 4.99 Å². The monoisotopic (exact) mass is 562 g/mol.